The first-order valence-electron chi connectivity index (χ1n) is 10.4. The van der Waals surface area contributed by atoms with Crippen molar-refractivity contribution in [3.63, 3.8) is 0 Å². The predicted octanol–water partition coefficient (Wildman–Crippen LogP) is 4.23. The van der Waals surface area contributed by atoms with Crippen LogP contribution in [0.4, 0.5) is 5.69 Å². The van der Waals surface area contributed by atoms with Crippen LogP contribution in [0.5, 0.6) is 11.5 Å². The van der Waals surface area contributed by atoms with Gasteiger partial charge in [-0.3, -0.25) is 9.52 Å². The van der Waals surface area contributed by atoms with Crippen LogP contribution in [0, 0.1) is 20.8 Å². The van der Waals surface area contributed by atoms with Gasteiger partial charge in [0.15, 0.2) is 0 Å². The molecule has 3 rings (SSSR count). The highest BCUT2D eigenvalue weighted by Crippen LogP contribution is 2.27. The maximum atomic E-state index is 13.0. The number of sulfonamides is 1. The first-order valence-corrected chi connectivity index (χ1v) is 11.9. The SMILES string of the molecule is COc1ccc(C(=O)NCCOc2cc(C)cc(C)c2)cc1S(=O)(=O)Nc1ccc(C)cc1. The lowest BCUT2D eigenvalue weighted by Crippen LogP contribution is -2.28. The van der Waals surface area contributed by atoms with E-state index in [-0.39, 0.29) is 29.4 Å². The second-order valence-corrected chi connectivity index (χ2v) is 9.42. The summed E-state index contributed by atoms with van der Waals surface area (Å²) >= 11 is 0. The minimum Gasteiger partial charge on any atom is -0.495 e. The van der Waals surface area contributed by atoms with Crippen LogP contribution in [0.25, 0.3) is 0 Å². The van der Waals surface area contributed by atoms with Crippen molar-refractivity contribution >= 4 is 21.6 Å². The van der Waals surface area contributed by atoms with Gasteiger partial charge in [-0.15, -0.1) is 0 Å². The summed E-state index contributed by atoms with van der Waals surface area (Å²) in [5, 5.41) is 2.75. The van der Waals surface area contributed by atoms with Crippen LogP contribution < -0.4 is 19.5 Å². The molecule has 3 aromatic carbocycles. The van der Waals surface area contributed by atoms with Crippen LogP contribution in [0.15, 0.2) is 65.6 Å². The van der Waals surface area contributed by atoms with Gasteiger partial charge in [0.1, 0.15) is 23.0 Å². The molecule has 0 heterocycles. The van der Waals surface area contributed by atoms with Crippen molar-refractivity contribution < 1.29 is 22.7 Å². The van der Waals surface area contributed by atoms with Gasteiger partial charge in [0.2, 0.25) is 0 Å². The van der Waals surface area contributed by atoms with E-state index >= 15 is 0 Å². The third-order valence-electron chi connectivity index (χ3n) is 4.87. The van der Waals surface area contributed by atoms with Gasteiger partial charge in [-0.05, 0) is 74.4 Å². The summed E-state index contributed by atoms with van der Waals surface area (Å²) in [6, 6.07) is 17.1. The van der Waals surface area contributed by atoms with Gasteiger partial charge in [-0.2, -0.15) is 0 Å². The molecular formula is C25H28N2O5S. The van der Waals surface area contributed by atoms with Crippen LogP contribution in [0.1, 0.15) is 27.0 Å². The molecule has 0 saturated carbocycles. The monoisotopic (exact) mass is 468 g/mol. The Morgan fingerprint density at radius 2 is 1.55 bits per heavy atom. The fraction of sp³-hybridized carbons (Fsp3) is 0.240. The molecule has 0 aromatic heterocycles. The molecule has 7 nitrogen and oxygen atoms in total. The summed E-state index contributed by atoms with van der Waals surface area (Å²) in [7, 11) is -2.59. The number of nitrogens with one attached hydrogen (secondary N) is 2. The average molecular weight is 469 g/mol. The molecule has 3 aromatic rings. The van der Waals surface area contributed by atoms with Crippen molar-refractivity contribution in [3.05, 3.63) is 82.9 Å². The standard InChI is InChI=1S/C25H28N2O5S/c1-17-5-8-21(9-6-17)27-33(29,30)24-16-20(7-10-23(24)31-4)25(28)26-11-12-32-22-14-18(2)13-19(3)15-22/h5-10,13-16,27H,11-12H2,1-4H3,(H,26,28). The van der Waals surface area contributed by atoms with Crippen LogP contribution in [0.2, 0.25) is 0 Å². The number of carbonyl (C=O) groups is 1. The number of rotatable bonds is 9. The number of hydrogen-bond acceptors (Lipinski definition) is 5. The molecule has 0 aliphatic rings. The molecular weight excluding hydrogens is 440 g/mol. The van der Waals surface area contributed by atoms with E-state index in [1.807, 2.05) is 32.9 Å². The maximum Gasteiger partial charge on any atom is 0.265 e. The Morgan fingerprint density at radius 1 is 0.879 bits per heavy atom. The molecule has 0 atom stereocenters. The molecule has 0 radical (unpaired) electrons. The smallest absolute Gasteiger partial charge is 0.265 e. The average Bonchev–Trinajstić information content (AvgIpc) is 2.77. The zero-order valence-corrected chi connectivity index (χ0v) is 20.0. The van der Waals surface area contributed by atoms with Gasteiger partial charge in [0, 0.05) is 11.3 Å². The molecule has 0 spiro atoms. The minimum atomic E-state index is -3.97. The van der Waals surface area contributed by atoms with Gasteiger partial charge in [-0.25, -0.2) is 8.42 Å². The summed E-state index contributed by atoms with van der Waals surface area (Å²) in [5.74, 6) is 0.472. The normalized spacial score (nSPS) is 11.0. The Kier molecular flexibility index (Phi) is 7.60. The zero-order chi connectivity index (χ0) is 24.0. The van der Waals surface area contributed by atoms with E-state index in [4.69, 9.17) is 9.47 Å². The van der Waals surface area contributed by atoms with Crippen molar-refractivity contribution in [2.75, 3.05) is 25.0 Å². The zero-order valence-electron chi connectivity index (χ0n) is 19.1. The number of ether oxygens (including phenoxy) is 2. The van der Waals surface area contributed by atoms with E-state index in [0.717, 1.165) is 22.4 Å². The van der Waals surface area contributed by atoms with Gasteiger partial charge < -0.3 is 14.8 Å². The summed E-state index contributed by atoms with van der Waals surface area (Å²) in [5.41, 5.74) is 3.82. The van der Waals surface area contributed by atoms with Crippen LogP contribution in [0.3, 0.4) is 0 Å². The van der Waals surface area contributed by atoms with Crippen LogP contribution >= 0.6 is 0 Å². The molecule has 0 aliphatic heterocycles. The number of aryl methyl sites for hydroxylation is 3. The summed E-state index contributed by atoms with van der Waals surface area (Å²) in [6.45, 7) is 6.44. The van der Waals surface area contributed by atoms with E-state index < -0.39 is 15.9 Å². The lowest BCUT2D eigenvalue weighted by Gasteiger charge is -2.14. The molecule has 2 N–H and O–H groups in total. The first kappa shape index (κ1) is 24.1. The Morgan fingerprint density at radius 3 is 2.18 bits per heavy atom. The lowest BCUT2D eigenvalue weighted by atomic mass is 10.1. The molecule has 174 valence electrons. The second kappa shape index (κ2) is 10.4. The molecule has 8 heteroatoms. The topological polar surface area (TPSA) is 93.7 Å². The summed E-state index contributed by atoms with van der Waals surface area (Å²) in [4.78, 5) is 12.5. The van der Waals surface area contributed by atoms with E-state index in [9.17, 15) is 13.2 Å². The molecule has 0 unspecified atom stereocenters. The van der Waals surface area contributed by atoms with E-state index in [1.54, 1.807) is 24.3 Å². The van der Waals surface area contributed by atoms with Crippen molar-refractivity contribution in [2.45, 2.75) is 25.7 Å². The largest absolute Gasteiger partial charge is 0.495 e. The Hall–Kier alpha value is -3.52. The third kappa shape index (κ3) is 6.49. The van der Waals surface area contributed by atoms with Gasteiger partial charge in [0.05, 0.1) is 13.7 Å². The molecule has 0 aliphatic carbocycles. The molecule has 0 bridgehead atoms. The van der Waals surface area contributed by atoms with E-state index in [0.29, 0.717) is 5.69 Å². The predicted molar refractivity (Wildman–Crippen MR) is 129 cm³/mol. The molecule has 0 saturated heterocycles. The molecule has 1 amide bonds. The number of hydrogen-bond donors (Lipinski definition) is 2. The number of benzene rings is 3. The van der Waals surface area contributed by atoms with Crippen molar-refractivity contribution in [3.8, 4) is 11.5 Å². The first-order chi connectivity index (χ1) is 15.7. The molecule has 0 fully saturated rings. The van der Waals surface area contributed by atoms with Crippen molar-refractivity contribution in [1.82, 2.24) is 5.32 Å². The van der Waals surface area contributed by atoms with Crippen molar-refractivity contribution in [2.24, 2.45) is 0 Å². The van der Waals surface area contributed by atoms with Crippen LogP contribution in [-0.2, 0) is 10.0 Å². The number of methoxy groups -OCH3 is 1. The number of carbonyl (C=O) groups excluding carboxylic acids is 1. The highest BCUT2D eigenvalue weighted by Gasteiger charge is 2.22. The Labute approximate surface area is 194 Å². The highest BCUT2D eigenvalue weighted by molar-refractivity contribution is 7.92. The van der Waals surface area contributed by atoms with E-state index in [1.165, 1.54) is 25.3 Å². The quantitative estimate of drug-likeness (QED) is 0.459. The number of amides is 1. The molecule has 33 heavy (non-hydrogen) atoms. The van der Waals surface area contributed by atoms with Crippen LogP contribution in [-0.4, -0.2) is 34.6 Å². The third-order valence-corrected chi connectivity index (χ3v) is 6.27. The minimum absolute atomic E-state index is 0.121. The number of anilines is 1. The van der Waals surface area contributed by atoms with Crippen molar-refractivity contribution in [1.29, 1.82) is 0 Å². The summed E-state index contributed by atoms with van der Waals surface area (Å²) < 4.78 is 39.4. The van der Waals surface area contributed by atoms with Gasteiger partial charge >= 0.3 is 0 Å². The maximum absolute atomic E-state index is 13.0. The fourth-order valence-corrected chi connectivity index (χ4v) is 4.57. The Balaban J connectivity index is 1.68. The fourth-order valence-electron chi connectivity index (χ4n) is 3.31. The lowest BCUT2D eigenvalue weighted by molar-refractivity contribution is 0.0946. The van der Waals surface area contributed by atoms with E-state index in [2.05, 4.69) is 16.1 Å². The Bertz CT molecular complexity index is 1220. The van der Waals surface area contributed by atoms with Gasteiger partial charge in [-0.1, -0.05) is 23.8 Å². The highest BCUT2D eigenvalue weighted by atomic mass is 32.2. The summed E-state index contributed by atoms with van der Waals surface area (Å²) in [6.07, 6.45) is 0. The van der Waals surface area contributed by atoms with Gasteiger partial charge in [0.25, 0.3) is 15.9 Å². The second-order valence-electron chi connectivity index (χ2n) is 7.76.